The monoisotopic (exact) mass is 264 g/mol. The molecule has 2 aromatic rings. The lowest BCUT2D eigenvalue weighted by molar-refractivity contribution is 0.0697. The zero-order valence-electron chi connectivity index (χ0n) is 9.93. The summed E-state index contributed by atoms with van der Waals surface area (Å²) in [7, 11) is 0. The smallest absolute Gasteiger partial charge is 0.335 e. The molecule has 5 nitrogen and oxygen atoms in total. The minimum Gasteiger partial charge on any atom is -0.478 e. The number of nitrogens with zero attached hydrogens (tertiary/aromatic N) is 1. The number of carboxylic acids is 1. The molecular formula is C12H12N2O3S. The van der Waals surface area contributed by atoms with E-state index in [1.165, 1.54) is 23.9 Å². The lowest BCUT2D eigenvalue weighted by atomic mass is 10.2. The second kappa shape index (κ2) is 4.73. The molecule has 1 heterocycles. The van der Waals surface area contributed by atoms with Crippen LogP contribution in [0.5, 0.6) is 0 Å². The third-order valence-electron chi connectivity index (χ3n) is 2.46. The van der Waals surface area contributed by atoms with Crippen LogP contribution in [0.1, 0.15) is 21.8 Å². The highest BCUT2D eigenvalue weighted by atomic mass is 32.2. The van der Waals surface area contributed by atoms with Crippen molar-refractivity contribution in [3.63, 3.8) is 0 Å². The molecule has 0 amide bonds. The molecule has 0 aliphatic heterocycles. The first-order valence-electron chi connectivity index (χ1n) is 5.22. The van der Waals surface area contributed by atoms with Crippen LogP contribution in [0, 0.1) is 13.8 Å². The number of aryl methyl sites for hydroxylation is 2. The summed E-state index contributed by atoms with van der Waals surface area (Å²) >= 11 is 1.27. The molecule has 0 bridgehead atoms. The Morgan fingerprint density at radius 3 is 2.67 bits per heavy atom. The van der Waals surface area contributed by atoms with Crippen LogP contribution < -0.4 is 5.73 Å². The topological polar surface area (TPSA) is 89.3 Å². The van der Waals surface area contributed by atoms with E-state index in [1.54, 1.807) is 6.07 Å². The summed E-state index contributed by atoms with van der Waals surface area (Å²) in [5.41, 5.74) is 7.19. The van der Waals surface area contributed by atoms with Crippen LogP contribution in [0.25, 0.3) is 0 Å². The van der Waals surface area contributed by atoms with Crippen LogP contribution in [0.2, 0.25) is 0 Å². The van der Waals surface area contributed by atoms with E-state index in [-0.39, 0.29) is 5.56 Å². The van der Waals surface area contributed by atoms with E-state index < -0.39 is 5.97 Å². The molecule has 0 atom stereocenters. The maximum absolute atomic E-state index is 10.8. The summed E-state index contributed by atoms with van der Waals surface area (Å²) in [4.78, 5) is 15.7. The Bertz CT molecular complexity index is 588. The summed E-state index contributed by atoms with van der Waals surface area (Å²) in [5, 5.41) is 9.34. The molecule has 94 valence electrons. The van der Waals surface area contributed by atoms with Crippen LogP contribution >= 0.6 is 11.8 Å². The Hall–Kier alpha value is -1.95. The van der Waals surface area contributed by atoms with Crippen LogP contribution in [-0.4, -0.2) is 16.1 Å². The second-order valence-corrected chi connectivity index (χ2v) is 4.77. The summed E-state index contributed by atoms with van der Waals surface area (Å²) < 4.78 is 5.43. The Kier molecular flexibility index (Phi) is 3.29. The molecule has 0 aliphatic rings. The molecule has 6 heteroatoms. The standard InChI is InChI=1S/C12H12N2O3S/c1-6-7(2)17-12(14-6)18-10-4-3-8(11(15)16)5-9(10)13/h3-5H,13H2,1-2H3,(H,15,16). The van der Waals surface area contributed by atoms with Gasteiger partial charge in [-0.25, -0.2) is 9.78 Å². The van der Waals surface area contributed by atoms with Gasteiger partial charge in [0.15, 0.2) is 0 Å². The SMILES string of the molecule is Cc1nc(Sc2ccc(C(=O)O)cc2N)oc1C. The molecule has 0 saturated heterocycles. The zero-order chi connectivity index (χ0) is 13.3. The molecule has 3 N–H and O–H groups in total. The molecule has 0 radical (unpaired) electrons. The van der Waals surface area contributed by atoms with Crippen molar-refractivity contribution in [2.24, 2.45) is 0 Å². The van der Waals surface area contributed by atoms with Gasteiger partial charge in [-0.1, -0.05) is 0 Å². The number of benzene rings is 1. The van der Waals surface area contributed by atoms with Gasteiger partial charge < -0.3 is 15.3 Å². The summed E-state index contributed by atoms with van der Waals surface area (Å²) in [6.07, 6.45) is 0. The van der Waals surface area contributed by atoms with Gasteiger partial charge in [0.1, 0.15) is 5.76 Å². The number of hydrogen-bond acceptors (Lipinski definition) is 5. The van der Waals surface area contributed by atoms with Crippen molar-refractivity contribution in [1.29, 1.82) is 0 Å². The van der Waals surface area contributed by atoms with Crippen molar-refractivity contribution in [3.05, 3.63) is 35.2 Å². The van der Waals surface area contributed by atoms with Crippen LogP contribution in [-0.2, 0) is 0 Å². The van der Waals surface area contributed by atoms with E-state index in [4.69, 9.17) is 15.3 Å². The van der Waals surface area contributed by atoms with Gasteiger partial charge >= 0.3 is 5.97 Å². The lowest BCUT2D eigenvalue weighted by Gasteiger charge is -2.03. The molecular weight excluding hydrogens is 252 g/mol. The summed E-state index contributed by atoms with van der Waals surface area (Å²) in [6, 6.07) is 4.58. The number of anilines is 1. The number of aromatic carboxylic acids is 1. The molecule has 1 aromatic carbocycles. The predicted octanol–water partition coefficient (Wildman–Crippen LogP) is 2.72. The summed E-state index contributed by atoms with van der Waals surface area (Å²) in [6.45, 7) is 3.70. The predicted molar refractivity (Wildman–Crippen MR) is 67.9 cm³/mol. The molecule has 1 aromatic heterocycles. The maximum atomic E-state index is 10.8. The van der Waals surface area contributed by atoms with Crippen molar-refractivity contribution >= 4 is 23.4 Å². The highest BCUT2D eigenvalue weighted by molar-refractivity contribution is 7.99. The van der Waals surface area contributed by atoms with E-state index in [0.29, 0.717) is 10.9 Å². The largest absolute Gasteiger partial charge is 0.478 e. The van der Waals surface area contributed by atoms with Crippen molar-refractivity contribution in [2.45, 2.75) is 24.0 Å². The number of nitrogens with two attached hydrogens (primary N) is 1. The number of carbonyl (C=O) groups is 1. The van der Waals surface area contributed by atoms with Crippen molar-refractivity contribution < 1.29 is 14.3 Å². The van der Waals surface area contributed by atoms with Crippen molar-refractivity contribution in [3.8, 4) is 0 Å². The molecule has 2 rings (SSSR count). The number of carboxylic acid groups (broad SMARTS) is 1. The van der Waals surface area contributed by atoms with Crippen molar-refractivity contribution in [2.75, 3.05) is 5.73 Å². The first-order valence-corrected chi connectivity index (χ1v) is 6.03. The van der Waals surface area contributed by atoms with Gasteiger partial charge in [0.2, 0.25) is 0 Å². The Balaban J connectivity index is 2.27. The number of oxazole rings is 1. The van der Waals surface area contributed by atoms with Gasteiger partial charge in [0, 0.05) is 10.6 Å². The normalized spacial score (nSPS) is 10.6. The van der Waals surface area contributed by atoms with E-state index in [9.17, 15) is 4.79 Å². The van der Waals surface area contributed by atoms with Gasteiger partial charge in [0.25, 0.3) is 5.22 Å². The molecule has 0 spiro atoms. The molecule has 0 aliphatic carbocycles. The first kappa shape index (κ1) is 12.5. The zero-order valence-corrected chi connectivity index (χ0v) is 10.7. The Morgan fingerprint density at radius 2 is 2.17 bits per heavy atom. The average molecular weight is 264 g/mol. The number of aromatic nitrogens is 1. The highest BCUT2D eigenvalue weighted by Crippen LogP contribution is 2.32. The fraction of sp³-hybridized carbons (Fsp3) is 0.167. The van der Waals surface area contributed by atoms with Gasteiger partial charge in [-0.3, -0.25) is 0 Å². The first-order chi connectivity index (χ1) is 8.47. The fourth-order valence-electron chi connectivity index (χ4n) is 1.36. The number of rotatable bonds is 3. The minimum atomic E-state index is -0.999. The second-order valence-electron chi connectivity index (χ2n) is 3.78. The van der Waals surface area contributed by atoms with Gasteiger partial charge in [0.05, 0.1) is 11.3 Å². The molecule has 0 saturated carbocycles. The van der Waals surface area contributed by atoms with Crippen LogP contribution in [0.3, 0.4) is 0 Å². The van der Waals surface area contributed by atoms with Gasteiger partial charge in [-0.05, 0) is 43.8 Å². The third-order valence-corrected chi connectivity index (χ3v) is 3.40. The van der Waals surface area contributed by atoms with Gasteiger partial charge in [-0.2, -0.15) is 0 Å². The number of nitrogen functional groups attached to an aromatic ring is 1. The van der Waals surface area contributed by atoms with Crippen molar-refractivity contribution in [1.82, 2.24) is 4.98 Å². The third kappa shape index (κ3) is 2.48. The quantitative estimate of drug-likeness (QED) is 0.828. The van der Waals surface area contributed by atoms with Gasteiger partial charge in [-0.15, -0.1) is 0 Å². The molecule has 18 heavy (non-hydrogen) atoms. The Morgan fingerprint density at radius 1 is 1.44 bits per heavy atom. The average Bonchev–Trinajstić information content (AvgIpc) is 2.61. The molecule has 0 fully saturated rings. The van der Waals surface area contributed by atoms with E-state index in [0.717, 1.165) is 16.3 Å². The molecule has 0 unspecified atom stereocenters. The van der Waals surface area contributed by atoms with Crippen LogP contribution in [0.4, 0.5) is 5.69 Å². The fourth-order valence-corrected chi connectivity index (χ4v) is 2.21. The number of hydrogen-bond donors (Lipinski definition) is 2. The van der Waals surface area contributed by atoms with E-state index in [2.05, 4.69) is 4.98 Å². The Labute approximate surface area is 108 Å². The van der Waals surface area contributed by atoms with E-state index in [1.807, 2.05) is 13.8 Å². The van der Waals surface area contributed by atoms with Crippen LogP contribution in [0.15, 0.2) is 32.7 Å². The van der Waals surface area contributed by atoms with E-state index >= 15 is 0 Å². The lowest BCUT2D eigenvalue weighted by Crippen LogP contribution is -1.98. The minimum absolute atomic E-state index is 0.164. The summed E-state index contributed by atoms with van der Waals surface area (Å²) in [5.74, 6) is -0.237. The maximum Gasteiger partial charge on any atom is 0.335 e. The highest BCUT2D eigenvalue weighted by Gasteiger charge is 2.11.